The van der Waals surface area contributed by atoms with E-state index < -0.39 is 5.92 Å². The highest BCUT2D eigenvalue weighted by Crippen LogP contribution is 2.27. The lowest BCUT2D eigenvalue weighted by molar-refractivity contribution is 0.0174. The van der Waals surface area contributed by atoms with E-state index in [0.29, 0.717) is 0 Å². The Morgan fingerprint density at radius 1 is 1.19 bits per heavy atom. The molecule has 0 unspecified atom stereocenters. The quantitative estimate of drug-likeness (QED) is 0.837. The molecule has 2 N–H and O–H groups in total. The minimum Gasteiger partial charge on any atom is -0.326 e. The molecule has 3 heteroatoms. The minimum absolute atomic E-state index is 0.0693. The van der Waals surface area contributed by atoms with Crippen molar-refractivity contribution in [3.05, 3.63) is 35.4 Å². The molecule has 0 amide bonds. The molecule has 1 aromatic rings. The Hall–Kier alpha value is -0.960. The summed E-state index contributed by atoms with van der Waals surface area (Å²) in [6, 6.07) is 6.55. The molecule has 0 saturated heterocycles. The summed E-state index contributed by atoms with van der Waals surface area (Å²) in [4.78, 5) is 0. The van der Waals surface area contributed by atoms with Gasteiger partial charge in [0.2, 0.25) is 0 Å². The van der Waals surface area contributed by atoms with Gasteiger partial charge in [0.25, 0.3) is 5.92 Å². The van der Waals surface area contributed by atoms with Crippen LogP contribution in [0.4, 0.5) is 8.78 Å². The first-order valence-electron chi connectivity index (χ1n) is 5.45. The van der Waals surface area contributed by atoms with Crippen molar-refractivity contribution in [2.75, 3.05) is 0 Å². The third-order valence-electron chi connectivity index (χ3n) is 2.49. The molecule has 1 nitrogen and oxygen atoms in total. The molecule has 90 valence electrons. The Kier molecular flexibility index (Phi) is 3.68. The van der Waals surface area contributed by atoms with E-state index in [2.05, 4.69) is 0 Å². The average molecular weight is 227 g/mol. The Morgan fingerprint density at radius 2 is 1.81 bits per heavy atom. The normalized spacial score (nSPS) is 12.9. The van der Waals surface area contributed by atoms with E-state index in [1.807, 2.05) is 19.9 Å². The maximum Gasteiger partial charge on any atom is 0.270 e. The minimum atomic E-state index is -2.77. The van der Waals surface area contributed by atoms with Crippen molar-refractivity contribution in [3.63, 3.8) is 0 Å². The highest BCUT2D eigenvalue weighted by Gasteiger charge is 2.24. The molecule has 0 heterocycles. The number of alkyl halides is 2. The number of benzene rings is 1. The van der Waals surface area contributed by atoms with Crippen LogP contribution >= 0.6 is 0 Å². The van der Waals surface area contributed by atoms with Crippen molar-refractivity contribution in [2.45, 2.75) is 45.1 Å². The zero-order valence-electron chi connectivity index (χ0n) is 10.1. The van der Waals surface area contributed by atoms with Gasteiger partial charge in [0.15, 0.2) is 0 Å². The van der Waals surface area contributed by atoms with E-state index in [9.17, 15) is 8.78 Å². The molecule has 0 bridgehead atoms. The summed E-state index contributed by atoms with van der Waals surface area (Å²) >= 11 is 0. The summed E-state index contributed by atoms with van der Waals surface area (Å²) in [5.74, 6) is -2.77. The second-order valence-electron chi connectivity index (χ2n) is 5.08. The Labute approximate surface area is 95.7 Å². The Morgan fingerprint density at radius 3 is 2.31 bits per heavy atom. The van der Waals surface area contributed by atoms with E-state index in [4.69, 9.17) is 5.73 Å². The van der Waals surface area contributed by atoms with Gasteiger partial charge in [-0.1, -0.05) is 18.2 Å². The van der Waals surface area contributed by atoms with Crippen molar-refractivity contribution in [1.82, 2.24) is 0 Å². The van der Waals surface area contributed by atoms with Crippen LogP contribution in [0, 0.1) is 0 Å². The molecular formula is C13H19F2N. The summed E-state index contributed by atoms with van der Waals surface area (Å²) in [6.07, 6.45) is 1.51. The number of nitrogens with two attached hydrogens (primary N) is 1. The first kappa shape index (κ1) is 13.1. The van der Waals surface area contributed by atoms with Crippen LogP contribution in [0.1, 0.15) is 38.3 Å². The predicted molar refractivity (Wildman–Crippen MR) is 62.6 cm³/mol. The van der Waals surface area contributed by atoms with Crippen LogP contribution in [-0.4, -0.2) is 5.54 Å². The molecule has 0 aliphatic heterocycles. The molecule has 1 aromatic carbocycles. The second kappa shape index (κ2) is 4.50. The number of rotatable bonds is 4. The Bertz CT molecular complexity index is 348. The standard InChI is InChI=1S/C13H19F2N/c1-12(2,16)8-7-10-5-4-6-11(9-10)13(3,14)15/h4-6,9H,7-8,16H2,1-3H3. The molecule has 1 rings (SSSR count). The lowest BCUT2D eigenvalue weighted by atomic mass is 9.95. The van der Waals surface area contributed by atoms with Crippen LogP contribution in [0.5, 0.6) is 0 Å². The van der Waals surface area contributed by atoms with Crippen LogP contribution in [0.25, 0.3) is 0 Å². The maximum absolute atomic E-state index is 13.1. The molecule has 0 atom stereocenters. The SMILES string of the molecule is CC(C)(N)CCc1cccc(C(C)(F)F)c1. The van der Waals surface area contributed by atoms with E-state index in [1.54, 1.807) is 12.1 Å². The number of aryl methyl sites for hydroxylation is 1. The zero-order valence-corrected chi connectivity index (χ0v) is 10.1. The molecule has 0 radical (unpaired) electrons. The van der Waals surface area contributed by atoms with Crippen molar-refractivity contribution in [1.29, 1.82) is 0 Å². The summed E-state index contributed by atoms with van der Waals surface area (Å²) < 4.78 is 26.2. The van der Waals surface area contributed by atoms with Crippen LogP contribution < -0.4 is 5.73 Å². The van der Waals surface area contributed by atoms with Crippen LogP contribution in [-0.2, 0) is 12.3 Å². The van der Waals surface area contributed by atoms with Gasteiger partial charge in [-0.2, -0.15) is 0 Å². The summed E-state index contributed by atoms with van der Waals surface area (Å²) in [6.45, 7) is 4.79. The molecule has 0 aliphatic rings. The molecule has 0 aliphatic carbocycles. The van der Waals surface area contributed by atoms with Gasteiger partial charge in [0.1, 0.15) is 0 Å². The lowest BCUT2D eigenvalue weighted by Gasteiger charge is -2.18. The van der Waals surface area contributed by atoms with Crippen molar-refractivity contribution in [2.24, 2.45) is 5.73 Å². The molecule has 0 spiro atoms. The van der Waals surface area contributed by atoms with Gasteiger partial charge in [-0.25, -0.2) is 8.78 Å². The fraction of sp³-hybridized carbons (Fsp3) is 0.538. The van der Waals surface area contributed by atoms with Crippen LogP contribution in [0.15, 0.2) is 24.3 Å². The third kappa shape index (κ3) is 4.27. The second-order valence-corrected chi connectivity index (χ2v) is 5.08. The molecule has 16 heavy (non-hydrogen) atoms. The van der Waals surface area contributed by atoms with Gasteiger partial charge < -0.3 is 5.73 Å². The third-order valence-corrected chi connectivity index (χ3v) is 2.49. The smallest absolute Gasteiger partial charge is 0.270 e. The number of hydrogen-bond acceptors (Lipinski definition) is 1. The number of halogens is 2. The van der Waals surface area contributed by atoms with E-state index >= 15 is 0 Å². The van der Waals surface area contributed by atoms with Gasteiger partial charge in [-0.05, 0) is 38.3 Å². The molecular weight excluding hydrogens is 208 g/mol. The number of hydrogen-bond donors (Lipinski definition) is 1. The lowest BCUT2D eigenvalue weighted by Crippen LogP contribution is -2.32. The van der Waals surface area contributed by atoms with Gasteiger partial charge in [0.05, 0.1) is 0 Å². The van der Waals surface area contributed by atoms with E-state index in [-0.39, 0.29) is 11.1 Å². The largest absolute Gasteiger partial charge is 0.326 e. The molecule has 0 aromatic heterocycles. The molecule has 0 fully saturated rings. The zero-order chi connectivity index (χ0) is 12.4. The predicted octanol–water partition coefficient (Wildman–Crippen LogP) is 3.47. The fourth-order valence-corrected chi connectivity index (χ4v) is 1.47. The maximum atomic E-state index is 13.1. The van der Waals surface area contributed by atoms with Gasteiger partial charge >= 0.3 is 0 Å². The topological polar surface area (TPSA) is 26.0 Å². The average Bonchev–Trinajstić information content (AvgIpc) is 2.13. The highest BCUT2D eigenvalue weighted by atomic mass is 19.3. The monoisotopic (exact) mass is 227 g/mol. The van der Waals surface area contributed by atoms with Gasteiger partial charge in [-0.3, -0.25) is 0 Å². The van der Waals surface area contributed by atoms with Crippen LogP contribution in [0.3, 0.4) is 0 Å². The van der Waals surface area contributed by atoms with Crippen molar-refractivity contribution >= 4 is 0 Å². The van der Waals surface area contributed by atoms with Crippen LogP contribution in [0.2, 0.25) is 0 Å². The van der Waals surface area contributed by atoms with Gasteiger partial charge in [-0.15, -0.1) is 0 Å². The van der Waals surface area contributed by atoms with Crippen molar-refractivity contribution in [3.8, 4) is 0 Å². The summed E-state index contributed by atoms with van der Waals surface area (Å²) in [5.41, 5.74) is 6.58. The highest BCUT2D eigenvalue weighted by molar-refractivity contribution is 5.26. The summed E-state index contributed by atoms with van der Waals surface area (Å²) in [5, 5.41) is 0. The van der Waals surface area contributed by atoms with Crippen molar-refractivity contribution < 1.29 is 8.78 Å². The summed E-state index contributed by atoms with van der Waals surface area (Å²) in [7, 11) is 0. The first-order chi connectivity index (χ1) is 7.18. The van der Waals surface area contributed by atoms with Gasteiger partial charge in [0, 0.05) is 18.0 Å². The van der Waals surface area contributed by atoms with E-state index in [0.717, 1.165) is 25.3 Å². The van der Waals surface area contributed by atoms with E-state index in [1.165, 1.54) is 6.07 Å². The fourth-order valence-electron chi connectivity index (χ4n) is 1.47. The Balaban J connectivity index is 2.76. The molecule has 0 saturated carbocycles. The first-order valence-corrected chi connectivity index (χ1v) is 5.45.